The average Bonchev–Trinajstić information content (AvgIpc) is 3.34. The maximum atomic E-state index is 12.8. The van der Waals surface area contributed by atoms with Gasteiger partial charge in [0.1, 0.15) is 17.8 Å². The van der Waals surface area contributed by atoms with Gasteiger partial charge in [0.2, 0.25) is 5.91 Å². The van der Waals surface area contributed by atoms with Crippen molar-refractivity contribution in [2.75, 3.05) is 11.1 Å². The molecule has 1 amide bonds. The molecule has 2 aromatic heterocycles. The Kier molecular flexibility index (Phi) is 7.17. The van der Waals surface area contributed by atoms with Crippen molar-refractivity contribution in [3.63, 3.8) is 0 Å². The van der Waals surface area contributed by atoms with E-state index in [9.17, 15) is 13.2 Å². The maximum Gasteiger partial charge on any atom is 0.268 e. The van der Waals surface area contributed by atoms with E-state index >= 15 is 0 Å². The highest BCUT2D eigenvalue weighted by molar-refractivity contribution is 7.90. The fourth-order valence-electron chi connectivity index (χ4n) is 3.18. The van der Waals surface area contributed by atoms with Crippen molar-refractivity contribution in [3.8, 4) is 0 Å². The number of azo groups is 1. The molecule has 0 radical (unpaired) electrons. The lowest BCUT2D eigenvalue weighted by Gasteiger charge is -2.11. The van der Waals surface area contributed by atoms with Gasteiger partial charge in [0, 0.05) is 12.6 Å². The Morgan fingerprint density at radius 3 is 2.47 bits per heavy atom. The van der Waals surface area contributed by atoms with E-state index in [1.54, 1.807) is 30.3 Å². The minimum absolute atomic E-state index is 0.0150. The second-order valence-electron chi connectivity index (χ2n) is 7.95. The summed E-state index contributed by atoms with van der Waals surface area (Å²) in [5.74, 6) is -0.253. The second-order valence-corrected chi connectivity index (χ2v) is 9.79. The van der Waals surface area contributed by atoms with E-state index in [1.807, 2.05) is 25.1 Å². The summed E-state index contributed by atoms with van der Waals surface area (Å²) in [4.78, 5) is 20.9. The Bertz CT molecular complexity index is 1500. The number of aromatic nitrogens is 3. The number of rotatable bonds is 8. The number of amides is 1. The van der Waals surface area contributed by atoms with Crippen LogP contribution in [0.2, 0.25) is 0 Å². The van der Waals surface area contributed by atoms with Crippen LogP contribution in [-0.2, 0) is 21.2 Å². The largest absolute Gasteiger partial charge is 0.382 e. The number of nitrogens with one attached hydrogen (secondary N) is 1. The summed E-state index contributed by atoms with van der Waals surface area (Å²) >= 11 is 0. The second kappa shape index (κ2) is 10.5. The molecular weight excluding hydrogens is 480 g/mol. The van der Waals surface area contributed by atoms with Crippen LogP contribution in [-0.4, -0.2) is 34.3 Å². The normalized spacial score (nSPS) is 12.5. The Hall–Kier alpha value is -4.42. The minimum Gasteiger partial charge on any atom is -0.382 e. The van der Waals surface area contributed by atoms with Crippen molar-refractivity contribution < 1.29 is 13.2 Å². The van der Waals surface area contributed by atoms with E-state index in [0.29, 0.717) is 17.1 Å². The molecule has 0 saturated carbocycles. The smallest absolute Gasteiger partial charge is 0.268 e. The first-order chi connectivity index (χ1) is 17.2. The number of nitrogens with zero attached hydrogens (tertiary/aromatic N) is 5. The number of anilines is 2. The summed E-state index contributed by atoms with van der Waals surface area (Å²) in [6, 6.07) is 17.7. The first-order valence-corrected chi connectivity index (χ1v) is 12.3. The quantitative estimate of drug-likeness (QED) is 0.309. The third-order valence-corrected chi connectivity index (χ3v) is 6.78. The average molecular weight is 505 g/mol. The van der Waals surface area contributed by atoms with Crippen molar-refractivity contribution in [1.29, 1.82) is 0 Å². The lowest BCUT2D eigenvalue weighted by atomic mass is 10.1. The fraction of sp³-hybridized carbons (Fsp3) is 0.125. The number of hydrogen-bond acceptors (Lipinski definition) is 9. The Balaban J connectivity index is 1.38. The number of nitrogen functional groups attached to an aromatic ring is 1. The summed E-state index contributed by atoms with van der Waals surface area (Å²) in [5.41, 5.74) is 14.3. The maximum absolute atomic E-state index is 12.8. The van der Waals surface area contributed by atoms with E-state index in [2.05, 4.69) is 25.5 Å². The molecule has 0 unspecified atom stereocenters. The number of pyridine rings is 1. The van der Waals surface area contributed by atoms with Gasteiger partial charge in [-0.25, -0.2) is 22.4 Å². The summed E-state index contributed by atoms with van der Waals surface area (Å²) in [6.07, 6.45) is 2.53. The van der Waals surface area contributed by atoms with Gasteiger partial charge in [-0.1, -0.05) is 35.9 Å². The predicted molar refractivity (Wildman–Crippen MR) is 136 cm³/mol. The number of carbonyl (C=O) groups excluding carboxylic acids is 1. The van der Waals surface area contributed by atoms with E-state index in [1.165, 1.54) is 30.7 Å². The van der Waals surface area contributed by atoms with Crippen LogP contribution >= 0.6 is 0 Å². The Labute approximate surface area is 208 Å². The van der Waals surface area contributed by atoms with E-state index in [-0.39, 0.29) is 23.0 Å². The van der Waals surface area contributed by atoms with Crippen molar-refractivity contribution in [3.05, 3.63) is 90.5 Å². The summed E-state index contributed by atoms with van der Waals surface area (Å²) in [5, 5.41) is 10.8. The number of nitrogens with two attached hydrogens (primary N) is 2. The molecular formula is C24H24N8O3S. The molecule has 5 N–H and O–H groups in total. The number of imidazole rings is 1. The third-order valence-electron chi connectivity index (χ3n) is 5.16. The first kappa shape index (κ1) is 24.7. The van der Waals surface area contributed by atoms with Crippen LogP contribution in [0.15, 0.2) is 94.4 Å². The van der Waals surface area contributed by atoms with E-state index in [0.717, 1.165) is 9.54 Å². The van der Waals surface area contributed by atoms with Crippen molar-refractivity contribution in [2.45, 2.75) is 24.3 Å². The van der Waals surface area contributed by atoms with Crippen LogP contribution in [0.1, 0.15) is 11.3 Å². The van der Waals surface area contributed by atoms with Crippen LogP contribution < -0.4 is 16.8 Å². The van der Waals surface area contributed by atoms with Gasteiger partial charge < -0.3 is 16.8 Å². The van der Waals surface area contributed by atoms with Crippen LogP contribution in [0, 0.1) is 6.92 Å². The molecule has 184 valence electrons. The lowest BCUT2D eigenvalue weighted by molar-refractivity contribution is -0.117. The van der Waals surface area contributed by atoms with E-state index < -0.39 is 22.0 Å². The van der Waals surface area contributed by atoms with Gasteiger partial charge in [0.15, 0.2) is 5.82 Å². The molecule has 0 aliphatic carbocycles. The van der Waals surface area contributed by atoms with Crippen molar-refractivity contribution in [2.24, 2.45) is 16.0 Å². The topological polar surface area (TPSA) is 171 Å². The van der Waals surface area contributed by atoms with Crippen LogP contribution in [0.4, 0.5) is 23.0 Å². The van der Waals surface area contributed by atoms with Gasteiger partial charge in [-0.15, -0.1) is 5.11 Å². The molecule has 11 nitrogen and oxygen atoms in total. The number of carbonyl (C=O) groups is 1. The van der Waals surface area contributed by atoms with Gasteiger partial charge in [0.25, 0.3) is 10.0 Å². The highest BCUT2D eigenvalue weighted by Gasteiger charge is 2.20. The number of benzene rings is 2. The van der Waals surface area contributed by atoms with Crippen LogP contribution in [0.5, 0.6) is 0 Å². The van der Waals surface area contributed by atoms with Crippen molar-refractivity contribution in [1.82, 2.24) is 13.9 Å². The zero-order valence-corrected chi connectivity index (χ0v) is 20.1. The predicted octanol–water partition coefficient (Wildman–Crippen LogP) is 3.33. The number of aryl methyl sites for hydroxylation is 1. The SMILES string of the molecule is Cc1ccc(S(=O)(=O)n2cnc(C[C@H](N)C(=O)Nc3ccc(/N=N/c4ccccc4)c(N)n3)c2)cc1. The molecule has 4 rings (SSSR count). The summed E-state index contributed by atoms with van der Waals surface area (Å²) in [6.45, 7) is 1.87. The van der Waals surface area contributed by atoms with Gasteiger partial charge in [-0.2, -0.15) is 5.11 Å². The molecule has 0 spiro atoms. The zero-order valence-electron chi connectivity index (χ0n) is 19.3. The minimum atomic E-state index is -3.80. The van der Waals surface area contributed by atoms with E-state index in [4.69, 9.17) is 11.5 Å². The molecule has 4 aromatic rings. The molecule has 0 aliphatic heterocycles. The Morgan fingerprint density at radius 2 is 1.78 bits per heavy atom. The summed E-state index contributed by atoms with van der Waals surface area (Å²) in [7, 11) is -3.80. The van der Waals surface area contributed by atoms with Gasteiger partial charge in [0.05, 0.1) is 22.3 Å². The van der Waals surface area contributed by atoms with Crippen LogP contribution in [0.3, 0.4) is 0 Å². The molecule has 0 bridgehead atoms. The molecule has 0 fully saturated rings. The number of hydrogen-bond donors (Lipinski definition) is 3. The fourth-order valence-corrected chi connectivity index (χ4v) is 4.33. The molecule has 2 heterocycles. The first-order valence-electron chi connectivity index (χ1n) is 10.9. The lowest BCUT2D eigenvalue weighted by Crippen LogP contribution is -2.37. The van der Waals surface area contributed by atoms with Gasteiger partial charge >= 0.3 is 0 Å². The Morgan fingerprint density at radius 1 is 1.06 bits per heavy atom. The standard InChI is InChI=1S/C24H24N8O3S/c1-16-7-9-19(10-8-16)36(34,35)32-14-18(27-15-32)13-20(25)24(33)29-22-12-11-21(23(26)28-22)31-30-17-5-3-2-4-6-17/h2-12,14-15,20H,13,25H2,1H3,(H3,26,28,29,33)/b31-30+/t20-/m0/s1. The van der Waals surface area contributed by atoms with Crippen LogP contribution in [0.25, 0.3) is 0 Å². The molecule has 0 aliphatic rings. The third kappa shape index (κ3) is 5.79. The highest BCUT2D eigenvalue weighted by atomic mass is 32.2. The van der Waals surface area contributed by atoms with Gasteiger partial charge in [-0.3, -0.25) is 4.79 Å². The summed E-state index contributed by atoms with van der Waals surface area (Å²) < 4.78 is 26.6. The molecule has 36 heavy (non-hydrogen) atoms. The molecule has 12 heteroatoms. The molecule has 1 atom stereocenters. The molecule has 0 saturated heterocycles. The van der Waals surface area contributed by atoms with Gasteiger partial charge in [-0.05, 0) is 43.3 Å². The highest BCUT2D eigenvalue weighted by Crippen LogP contribution is 2.24. The monoisotopic (exact) mass is 504 g/mol. The van der Waals surface area contributed by atoms with Crippen molar-refractivity contribution >= 4 is 38.9 Å². The molecule has 2 aromatic carbocycles. The zero-order chi connectivity index (χ0) is 25.7.